The van der Waals surface area contributed by atoms with Crippen molar-refractivity contribution in [1.82, 2.24) is 4.90 Å². The van der Waals surface area contributed by atoms with E-state index in [1.54, 1.807) is 31.4 Å². The van der Waals surface area contributed by atoms with Crippen LogP contribution < -0.4 is 10.1 Å². The number of aliphatic carboxylic acids is 1. The van der Waals surface area contributed by atoms with Gasteiger partial charge in [0.15, 0.2) is 0 Å². The van der Waals surface area contributed by atoms with E-state index in [9.17, 15) is 9.59 Å². The predicted molar refractivity (Wildman–Crippen MR) is 103 cm³/mol. The molecule has 1 aliphatic heterocycles. The van der Waals surface area contributed by atoms with Crippen LogP contribution in [-0.4, -0.2) is 42.1 Å². The molecular weight excluding hydrogens is 344 g/mol. The van der Waals surface area contributed by atoms with Crippen molar-refractivity contribution in [2.75, 3.05) is 25.5 Å². The van der Waals surface area contributed by atoms with E-state index >= 15 is 0 Å². The molecule has 142 valence electrons. The number of rotatable bonds is 6. The number of likely N-dealkylation sites (tertiary alicyclic amines) is 1. The minimum Gasteiger partial charge on any atom is -0.497 e. The van der Waals surface area contributed by atoms with E-state index in [2.05, 4.69) is 10.2 Å². The van der Waals surface area contributed by atoms with Crippen molar-refractivity contribution in [2.45, 2.75) is 19.4 Å². The summed E-state index contributed by atoms with van der Waals surface area (Å²) in [4.78, 5) is 25.8. The fraction of sp³-hybridized carbons (Fsp3) is 0.333. The molecular formula is C21H24N2O4. The molecule has 1 amide bonds. The summed E-state index contributed by atoms with van der Waals surface area (Å²) >= 11 is 0. The summed E-state index contributed by atoms with van der Waals surface area (Å²) in [5, 5.41) is 12.0. The highest BCUT2D eigenvalue weighted by atomic mass is 16.5. The summed E-state index contributed by atoms with van der Waals surface area (Å²) in [6.45, 7) is 2.30. The number of carbonyl (C=O) groups is 2. The Morgan fingerprint density at radius 2 is 1.89 bits per heavy atom. The van der Waals surface area contributed by atoms with Crippen molar-refractivity contribution in [3.63, 3.8) is 0 Å². The third kappa shape index (κ3) is 5.08. The Kier molecular flexibility index (Phi) is 6.08. The quantitative estimate of drug-likeness (QED) is 0.818. The highest BCUT2D eigenvalue weighted by Crippen LogP contribution is 2.21. The number of amides is 1. The van der Waals surface area contributed by atoms with Crippen LogP contribution in [0.25, 0.3) is 0 Å². The minimum absolute atomic E-state index is 0.187. The van der Waals surface area contributed by atoms with Gasteiger partial charge in [0.25, 0.3) is 5.91 Å². The van der Waals surface area contributed by atoms with Crippen LogP contribution in [0.3, 0.4) is 0 Å². The third-order valence-electron chi connectivity index (χ3n) is 4.86. The second-order valence-electron chi connectivity index (χ2n) is 6.78. The van der Waals surface area contributed by atoms with Gasteiger partial charge in [-0.2, -0.15) is 0 Å². The summed E-state index contributed by atoms with van der Waals surface area (Å²) < 4.78 is 5.16. The van der Waals surface area contributed by atoms with Crippen LogP contribution in [0.1, 0.15) is 28.8 Å². The molecule has 0 spiro atoms. The van der Waals surface area contributed by atoms with Gasteiger partial charge < -0.3 is 15.2 Å². The predicted octanol–water partition coefficient (Wildman–Crippen LogP) is 3.24. The zero-order valence-electron chi connectivity index (χ0n) is 15.4. The third-order valence-corrected chi connectivity index (χ3v) is 4.86. The Hall–Kier alpha value is -2.86. The van der Waals surface area contributed by atoms with Gasteiger partial charge in [0, 0.05) is 17.8 Å². The SMILES string of the molecule is COc1cccc(C(=O)Nc2cccc(CN3CCC(C(=O)O)CC3)c2)c1. The maximum absolute atomic E-state index is 12.5. The number of nitrogens with zero attached hydrogens (tertiary/aromatic N) is 1. The zero-order chi connectivity index (χ0) is 19.2. The molecule has 1 saturated heterocycles. The average Bonchev–Trinajstić information content (AvgIpc) is 2.68. The van der Waals surface area contributed by atoms with Gasteiger partial charge in [0.1, 0.15) is 5.75 Å². The maximum atomic E-state index is 12.5. The van der Waals surface area contributed by atoms with Crippen molar-refractivity contribution in [2.24, 2.45) is 5.92 Å². The van der Waals surface area contributed by atoms with E-state index < -0.39 is 5.97 Å². The fourth-order valence-electron chi connectivity index (χ4n) is 3.31. The summed E-state index contributed by atoms with van der Waals surface area (Å²) in [5.41, 5.74) is 2.36. The van der Waals surface area contributed by atoms with Gasteiger partial charge in [-0.15, -0.1) is 0 Å². The van der Waals surface area contributed by atoms with Crippen molar-refractivity contribution in [3.8, 4) is 5.75 Å². The van der Waals surface area contributed by atoms with Gasteiger partial charge in [0.05, 0.1) is 13.0 Å². The minimum atomic E-state index is -0.697. The Labute approximate surface area is 158 Å². The summed E-state index contributed by atoms with van der Waals surface area (Å²) in [5.74, 6) is -0.471. The fourth-order valence-corrected chi connectivity index (χ4v) is 3.31. The lowest BCUT2D eigenvalue weighted by atomic mass is 9.97. The van der Waals surface area contributed by atoms with E-state index in [1.165, 1.54) is 0 Å². The zero-order valence-corrected chi connectivity index (χ0v) is 15.4. The molecule has 0 aromatic heterocycles. The van der Waals surface area contributed by atoms with Gasteiger partial charge in [0.2, 0.25) is 0 Å². The molecule has 27 heavy (non-hydrogen) atoms. The molecule has 0 radical (unpaired) electrons. The lowest BCUT2D eigenvalue weighted by molar-refractivity contribution is -0.143. The van der Waals surface area contributed by atoms with Gasteiger partial charge in [-0.25, -0.2) is 0 Å². The molecule has 1 fully saturated rings. The Bertz CT molecular complexity index is 813. The van der Waals surface area contributed by atoms with Crippen LogP contribution in [0.2, 0.25) is 0 Å². The molecule has 0 atom stereocenters. The standard InChI is InChI=1S/C21H24N2O4/c1-27-19-7-3-5-17(13-19)20(24)22-18-6-2-4-15(12-18)14-23-10-8-16(9-11-23)21(25)26/h2-7,12-13,16H,8-11,14H2,1H3,(H,22,24)(H,25,26). The van der Waals surface area contributed by atoms with Crippen molar-refractivity contribution < 1.29 is 19.4 Å². The largest absolute Gasteiger partial charge is 0.497 e. The van der Waals surface area contributed by atoms with Crippen molar-refractivity contribution >= 4 is 17.6 Å². The first-order valence-electron chi connectivity index (χ1n) is 9.04. The van der Waals surface area contributed by atoms with Gasteiger partial charge in [-0.05, 0) is 61.8 Å². The average molecular weight is 368 g/mol. The van der Waals surface area contributed by atoms with Crippen LogP contribution in [0.15, 0.2) is 48.5 Å². The number of nitrogens with one attached hydrogen (secondary N) is 1. The first-order valence-corrected chi connectivity index (χ1v) is 9.04. The van der Waals surface area contributed by atoms with E-state index in [1.807, 2.05) is 24.3 Å². The van der Waals surface area contributed by atoms with E-state index in [0.29, 0.717) is 24.2 Å². The number of anilines is 1. The summed E-state index contributed by atoms with van der Waals surface area (Å²) in [7, 11) is 1.57. The Morgan fingerprint density at radius 1 is 1.15 bits per heavy atom. The normalized spacial score (nSPS) is 15.3. The summed E-state index contributed by atoms with van der Waals surface area (Å²) in [6, 6.07) is 14.8. The van der Waals surface area contributed by atoms with Gasteiger partial charge >= 0.3 is 5.97 Å². The molecule has 0 saturated carbocycles. The van der Waals surface area contributed by atoms with Crippen LogP contribution in [-0.2, 0) is 11.3 Å². The molecule has 1 aliphatic rings. The van der Waals surface area contributed by atoms with E-state index in [-0.39, 0.29) is 11.8 Å². The lowest BCUT2D eigenvalue weighted by Gasteiger charge is -2.30. The van der Waals surface area contributed by atoms with Gasteiger partial charge in [-0.1, -0.05) is 18.2 Å². The number of benzene rings is 2. The van der Waals surface area contributed by atoms with Crippen LogP contribution >= 0.6 is 0 Å². The molecule has 3 rings (SSSR count). The number of carbonyl (C=O) groups excluding carboxylic acids is 1. The topological polar surface area (TPSA) is 78.9 Å². The molecule has 0 unspecified atom stereocenters. The highest BCUT2D eigenvalue weighted by molar-refractivity contribution is 6.04. The number of ether oxygens (including phenoxy) is 1. The smallest absolute Gasteiger partial charge is 0.306 e. The number of methoxy groups -OCH3 is 1. The Balaban J connectivity index is 1.60. The summed E-state index contributed by atoms with van der Waals surface area (Å²) in [6.07, 6.45) is 1.36. The molecule has 6 heteroatoms. The molecule has 0 aliphatic carbocycles. The second kappa shape index (κ2) is 8.68. The Morgan fingerprint density at radius 3 is 2.59 bits per heavy atom. The first-order chi connectivity index (χ1) is 13.0. The van der Waals surface area contributed by atoms with Crippen LogP contribution in [0.4, 0.5) is 5.69 Å². The monoisotopic (exact) mass is 368 g/mol. The number of hydrogen-bond donors (Lipinski definition) is 2. The molecule has 2 N–H and O–H groups in total. The van der Waals surface area contributed by atoms with Crippen LogP contribution in [0, 0.1) is 5.92 Å². The molecule has 2 aromatic carbocycles. The van der Waals surface area contributed by atoms with E-state index in [0.717, 1.165) is 30.9 Å². The molecule has 0 bridgehead atoms. The van der Waals surface area contributed by atoms with Crippen LogP contribution in [0.5, 0.6) is 5.75 Å². The van der Waals surface area contributed by atoms with E-state index in [4.69, 9.17) is 9.84 Å². The molecule has 6 nitrogen and oxygen atoms in total. The number of piperidine rings is 1. The molecule has 1 heterocycles. The second-order valence-corrected chi connectivity index (χ2v) is 6.78. The maximum Gasteiger partial charge on any atom is 0.306 e. The van der Waals surface area contributed by atoms with Gasteiger partial charge in [-0.3, -0.25) is 14.5 Å². The number of hydrogen-bond acceptors (Lipinski definition) is 4. The number of carboxylic acid groups (broad SMARTS) is 1. The number of carboxylic acids is 1. The lowest BCUT2D eigenvalue weighted by Crippen LogP contribution is -2.35. The highest BCUT2D eigenvalue weighted by Gasteiger charge is 2.24. The first kappa shape index (κ1) is 18.9. The van der Waals surface area contributed by atoms with Crippen molar-refractivity contribution in [3.05, 3.63) is 59.7 Å². The molecule has 2 aromatic rings. The van der Waals surface area contributed by atoms with Crippen molar-refractivity contribution in [1.29, 1.82) is 0 Å².